The summed E-state index contributed by atoms with van der Waals surface area (Å²) in [6.07, 6.45) is -0.242. The van der Waals surface area contributed by atoms with Gasteiger partial charge in [0.05, 0.1) is 15.3 Å². The van der Waals surface area contributed by atoms with E-state index in [4.69, 9.17) is 0 Å². The molecule has 0 saturated heterocycles. The summed E-state index contributed by atoms with van der Waals surface area (Å²) in [5.74, 6) is -1.40. The summed E-state index contributed by atoms with van der Waals surface area (Å²) in [6.45, 7) is 2.65. The molecule has 0 bridgehead atoms. The van der Waals surface area contributed by atoms with E-state index in [1.807, 2.05) is 0 Å². The lowest BCUT2D eigenvalue weighted by Crippen LogP contribution is -2.40. The van der Waals surface area contributed by atoms with Gasteiger partial charge in [-0.15, -0.1) is 0 Å². The fourth-order valence-electron chi connectivity index (χ4n) is 2.94. The number of fused-ring (bicyclic) bond motifs is 1. The smallest absolute Gasteiger partial charge is 0.244 e. The summed E-state index contributed by atoms with van der Waals surface area (Å²) in [5, 5.41) is 2.58. The average molecular weight is 390 g/mol. The van der Waals surface area contributed by atoms with E-state index >= 15 is 0 Å². The predicted molar refractivity (Wildman–Crippen MR) is 99.7 cm³/mol. The molecule has 6 nitrogen and oxygen atoms in total. The van der Waals surface area contributed by atoms with Gasteiger partial charge >= 0.3 is 0 Å². The second kappa shape index (κ2) is 6.77. The summed E-state index contributed by atoms with van der Waals surface area (Å²) < 4.78 is 37.6. The zero-order valence-corrected chi connectivity index (χ0v) is 15.7. The first-order valence-corrected chi connectivity index (χ1v) is 9.79. The Morgan fingerprint density at radius 1 is 1.15 bits per heavy atom. The number of carbonyl (C=O) groups is 2. The van der Waals surface area contributed by atoms with E-state index in [1.54, 1.807) is 12.1 Å². The Morgan fingerprint density at radius 2 is 1.78 bits per heavy atom. The maximum atomic E-state index is 13.0. The van der Waals surface area contributed by atoms with Crippen molar-refractivity contribution in [2.24, 2.45) is 0 Å². The maximum Gasteiger partial charge on any atom is 0.244 e. The highest BCUT2D eigenvalue weighted by Crippen LogP contribution is 2.38. The highest BCUT2D eigenvalue weighted by atomic mass is 32.2. The van der Waals surface area contributed by atoms with Gasteiger partial charge in [0.2, 0.25) is 11.8 Å². The quantitative estimate of drug-likeness (QED) is 0.874. The van der Waals surface area contributed by atoms with E-state index in [1.165, 1.54) is 55.1 Å². The van der Waals surface area contributed by atoms with Crippen LogP contribution in [0.3, 0.4) is 0 Å². The Morgan fingerprint density at radius 3 is 2.44 bits per heavy atom. The first-order valence-electron chi connectivity index (χ1n) is 8.31. The molecule has 0 saturated carbocycles. The lowest BCUT2D eigenvalue weighted by molar-refractivity contribution is -0.121. The van der Waals surface area contributed by atoms with Gasteiger partial charge < -0.3 is 10.2 Å². The zero-order valence-electron chi connectivity index (χ0n) is 14.9. The van der Waals surface area contributed by atoms with Crippen molar-refractivity contribution in [2.75, 3.05) is 16.8 Å². The third-order valence-corrected chi connectivity index (χ3v) is 7.00. The topological polar surface area (TPSA) is 83.6 Å². The number of carbonyl (C=O) groups excluding carboxylic acids is 2. The third-order valence-electron chi connectivity index (χ3n) is 4.48. The van der Waals surface area contributed by atoms with Gasteiger partial charge in [0.15, 0.2) is 9.84 Å². The van der Waals surface area contributed by atoms with Crippen LogP contribution >= 0.6 is 0 Å². The molecular formula is C19H19FN2O4S. The van der Waals surface area contributed by atoms with Crippen molar-refractivity contribution in [3.05, 3.63) is 54.3 Å². The first-order chi connectivity index (χ1) is 12.6. The molecule has 1 heterocycles. The molecule has 0 aromatic heterocycles. The maximum absolute atomic E-state index is 13.0. The van der Waals surface area contributed by atoms with E-state index < -0.39 is 32.2 Å². The van der Waals surface area contributed by atoms with Gasteiger partial charge in [-0.05, 0) is 50.2 Å². The predicted octanol–water partition coefficient (Wildman–Crippen LogP) is 2.75. The molecule has 1 N–H and O–H groups in total. The second-order valence-electron chi connectivity index (χ2n) is 6.94. The fraction of sp³-hybridized carbons (Fsp3) is 0.263. The standard InChI is InChI=1S/C19H19FN2O4S/c1-19(2)11-18(24)22(15-5-3-4-6-16(15)27(19,25)26)12-17(23)21-14-9-7-13(20)8-10-14/h3-10H,11-12H2,1-2H3,(H,21,23). The largest absolute Gasteiger partial charge is 0.325 e. The Labute approximate surface area is 156 Å². The molecule has 2 aromatic rings. The summed E-state index contributed by atoms with van der Waals surface area (Å²) in [6, 6.07) is 11.4. The molecule has 2 aromatic carbocycles. The summed E-state index contributed by atoms with van der Waals surface area (Å²) in [4.78, 5) is 26.4. The molecule has 1 aliphatic rings. The van der Waals surface area contributed by atoms with Crippen LogP contribution in [0.1, 0.15) is 20.3 Å². The molecule has 0 fully saturated rings. The van der Waals surface area contributed by atoms with Crippen LogP contribution in [0.25, 0.3) is 0 Å². The van der Waals surface area contributed by atoms with Crippen molar-refractivity contribution in [1.82, 2.24) is 0 Å². The van der Waals surface area contributed by atoms with Crippen LogP contribution in [-0.2, 0) is 19.4 Å². The highest BCUT2D eigenvalue weighted by Gasteiger charge is 2.44. The lowest BCUT2D eigenvalue weighted by Gasteiger charge is -2.22. The van der Waals surface area contributed by atoms with Gasteiger partial charge in [-0.2, -0.15) is 0 Å². The minimum Gasteiger partial charge on any atom is -0.325 e. The third kappa shape index (κ3) is 3.57. The van der Waals surface area contributed by atoms with Crippen molar-refractivity contribution in [3.63, 3.8) is 0 Å². The van der Waals surface area contributed by atoms with Crippen LogP contribution in [0.5, 0.6) is 0 Å². The Balaban J connectivity index is 1.93. The van der Waals surface area contributed by atoms with Crippen LogP contribution in [-0.4, -0.2) is 31.5 Å². The summed E-state index contributed by atoms with van der Waals surface area (Å²) in [5.41, 5.74) is 0.562. The second-order valence-corrected chi connectivity index (χ2v) is 9.49. The van der Waals surface area contributed by atoms with Crippen molar-refractivity contribution in [2.45, 2.75) is 29.9 Å². The number of hydrogen-bond donors (Lipinski definition) is 1. The number of hydrogen-bond acceptors (Lipinski definition) is 4. The fourth-order valence-corrected chi connectivity index (χ4v) is 4.56. The van der Waals surface area contributed by atoms with E-state index in [0.29, 0.717) is 5.69 Å². The zero-order chi connectivity index (χ0) is 19.8. The molecule has 3 rings (SSSR count). The molecule has 1 aliphatic heterocycles. The first kappa shape index (κ1) is 19.0. The molecule has 27 heavy (non-hydrogen) atoms. The SMILES string of the molecule is CC1(C)CC(=O)N(CC(=O)Nc2ccc(F)cc2)c2ccccc2S1(=O)=O. The molecule has 2 amide bonds. The summed E-state index contributed by atoms with van der Waals surface area (Å²) >= 11 is 0. The van der Waals surface area contributed by atoms with Crippen LogP contribution in [0.2, 0.25) is 0 Å². The van der Waals surface area contributed by atoms with Crippen molar-refractivity contribution in [3.8, 4) is 0 Å². The Kier molecular flexibility index (Phi) is 4.77. The average Bonchev–Trinajstić information content (AvgIpc) is 2.65. The van der Waals surface area contributed by atoms with Crippen molar-refractivity contribution in [1.29, 1.82) is 0 Å². The monoisotopic (exact) mass is 390 g/mol. The number of halogens is 1. The normalized spacial score (nSPS) is 17.7. The van der Waals surface area contributed by atoms with Gasteiger partial charge in [-0.3, -0.25) is 9.59 Å². The molecule has 0 spiro atoms. The number of benzene rings is 2. The van der Waals surface area contributed by atoms with Crippen LogP contribution in [0.15, 0.2) is 53.4 Å². The molecule has 0 unspecified atom stereocenters. The van der Waals surface area contributed by atoms with Crippen molar-refractivity contribution < 1.29 is 22.4 Å². The number of rotatable bonds is 3. The van der Waals surface area contributed by atoms with Crippen LogP contribution in [0.4, 0.5) is 15.8 Å². The van der Waals surface area contributed by atoms with Gasteiger partial charge in [-0.25, -0.2) is 12.8 Å². The molecule has 0 aliphatic carbocycles. The molecule has 142 valence electrons. The Hall–Kier alpha value is -2.74. The minimum atomic E-state index is -3.76. The van der Waals surface area contributed by atoms with Gasteiger partial charge in [-0.1, -0.05) is 12.1 Å². The summed E-state index contributed by atoms with van der Waals surface area (Å²) in [7, 11) is -3.76. The van der Waals surface area contributed by atoms with E-state index in [9.17, 15) is 22.4 Å². The van der Waals surface area contributed by atoms with Crippen molar-refractivity contribution >= 4 is 33.0 Å². The van der Waals surface area contributed by atoms with Gasteiger partial charge in [0.1, 0.15) is 12.4 Å². The van der Waals surface area contributed by atoms with E-state index in [-0.39, 0.29) is 23.5 Å². The molecular weight excluding hydrogens is 371 g/mol. The number of para-hydroxylation sites is 1. The number of amides is 2. The van der Waals surface area contributed by atoms with Gasteiger partial charge in [0, 0.05) is 12.1 Å². The number of sulfone groups is 1. The number of anilines is 2. The Bertz CT molecular complexity index is 1000. The highest BCUT2D eigenvalue weighted by molar-refractivity contribution is 7.93. The molecule has 0 radical (unpaired) electrons. The van der Waals surface area contributed by atoms with E-state index in [0.717, 1.165) is 0 Å². The van der Waals surface area contributed by atoms with Crippen LogP contribution in [0, 0.1) is 5.82 Å². The number of nitrogens with one attached hydrogen (secondary N) is 1. The number of nitrogens with zero attached hydrogens (tertiary/aromatic N) is 1. The van der Waals surface area contributed by atoms with Crippen LogP contribution < -0.4 is 10.2 Å². The van der Waals surface area contributed by atoms with E-state index in [2.05, 4.69) is 5.32 Å². The molecule has 0 atom stereocenters. The molecule has 8 heteroatoms. The lowest BCUT2D eigenvalue weighted by atomic mass is 10.1. The van der Waals surface area contributed by atoms with Gasteiger partial charge in [0.25, 0.3) is 0 Å². The minimum absolute atomic E-state index is 0.0235.